The molecule has 7 heteroatoms. The third kappa shape index (κ3) is 3.24. The number of nitrogen functional groups attached to an aromatic ring is 1. The summed E-state index contributed by atoms with van der Waals surface area (Å²) in [6.45, 7) is 2.52. The van der Waals surface area contributed by atoms with Gasteiger partial charge in [-0.3, -0.25) is 0 Å². The lowest BCUT2D eigenvalue weighted by Crippen LogP contribution is -2.29. The van der Waals surface area contributed by atoms with Crippen molar-refractivity contribution < 1.29 is 13.9 Å². The van der Waals surface area contributed by atoms with E-state index in [4.69, 9.17) is 10.9 Å². The van der Waals surface area contributed by atoms with Crippen LogP contribution in [0.15, 0.2) is 6.07 Å². The number of nitrogens with zero attached hydrogens (tertiary/aromatic N) is 2. The molecule has 0 spiro atoms. The van der Waals surface area contributed by atoms with E-state index >= 15 is 0 Å². The Labute approximate surface area is 98.2 Å². The summed E-state index contributed by atoms with van der Waals surface area (Å²) in [6, 6.07) is 0.720. The van der Waals surface area contributed by atoms with Gasteiger partial charge in [0.25, 0.3) is 0 Å². The molecule has 0 aliphatic heterocycles. The van der Waals surface area contributed by atoms with E-state index in [-0.39, 0.29) is 24.8 Å². The molecule has 0 saturated carbocycles. The molecule has 0 aromatic carbocycles. The van der Waals surface area contributed by atoms with E-state index in [1.807, 2.05) is 6.92 Å². The normalized spacial score (nSPS) is 10.4. The number of aromatic nitrogens is 1. The van der Waals surface area contributed by atoms with Gasteiger partial charge in [0.05, 0.1) is 6.61 Å². The van der Waals surface area contributed by atoms with Gasteiger partial charge in [0, 0.05) is 19.2 Å². The maximum Gasteiger partial charge on any atom is 0.178 e. The molecule has 1 aromatic rings. The number of nitrogens with one attached hydrogen (secondary N) is 1. The van der Waals surface area contributed by atoms with Crippen molar-refractivity contribution in [1.82, 2.24) is 4.98 Å². The molecule has 0 aliphatic rings. The Hall–Kier alpha value is -1.47. The van der Waals surface area contributed by atoms with Crippen molar-refractivity contribution in [3.63, 3.8) is 0 Å². The fraction of sp³-hybridized carbons (Fsp3) is 0.500. The maximum absolute atomic E-state index is 13.6. The van der Waals surface area contributed by atoms with Crippen LogP contribution in [0.25, 0.3) is 0 Å². The Kier molecular flexibility index (Phi) is 5.05. The van der Waals surface area contributed by atoms with Crippen LogP contribution in [0.3, 0.4) is 0 Å². The number of anilines is 2. The molecule has 0 atom stereocenters. The summed E-state index contributed by atoms with van der Waals surface area (Å²) in [6.07, 6.45) is 0.754. The maximum atomic E-state index is 13.6. The van der Waals surface area contributed by atoms with Crippen LogP contribution < -0.4 is 16.2 Å². The van der Waals surface area contributed by atoms with Crippen LogP contribution in [0.4, 0.5) is 20.4 Å². The van der Waals surface area contributed by atoms with E-state index in [0.717, 1.165) is 12.5 Å². The van der Waals surface area contributed by atoms with Gasteiger partial charge in [0.1, 0.15) is 0 Å². The quantitative estimate of drug-likeness (QED) is 0.512. The number of aliphatic hydroxyl groups is 1. The number of rotatable bonds is 6. The largest absolute Gasteiger partial charge is 0.395 e. The average molecular weight is 246 g/mol. The molecule has 0 fully saturated rings. The zero-order valence-corrected chi connectivity index (χ0v) is 9.58. The summed E-state index contributed by atoms with van der Waals surface area (Å²) in [5.41, 5.74) is 2.06. The van der Waals surface area contributed by atoms with Crippen molar-refractivity contribution in [2.45, 2.75) is 13.3 Å². The van der Waals surface area contributed by atoms with Crippen LogP contribution in [0.1, 0.15) is 13.3 Å². The molecule has 0 bridgehead atoms. The van der Waals surface area contributed by atoms with Gasteiger partial charge in [0.15, 0.2) is 23.3 Å². The summed E-state index contributed by atoms with van der Waals surface area (Å²) in [7, 11) is 0. The highest BCUT2D eigenvalue weighted by molar-refractivity contribution is 5.48. The highest BCUT2D eigenvalue weighted by Crippen LogP contribution is 2.21. The van der Waals surface area contributed by atoms with Crippen molar-refractivity contribution in [2.75, 3.05) is 30.0 Å². The van der Waals surface area contributed by atoms with Gasteiger partial charge < -0.3 is 15.4 Å². The van der Waals surface area contributed by atoms with E-state index < -0.39 is 11.6 Å². The molecule has 1 rings (SSSR count). The molecule has 17 heavy (non-hydrogen) atoms. The third-order valence-electron chi connectivity index (χ3n) is 2.21. The van der Waals surface area contributed by atoms with Crippen LogP contribution in [-0.4, -0.2) is 29.8 Å². The van der Waals surface area contributed by atoms with Crippen LogP contribution in [0.5, 0.6) is 0 Å². The molecular weight excluding hydrogens is 230 g/mol. The predicted molar refractivity (Wildman–Crippen MR) is 61.6 cm³/mol. The van der Waals surface area contributed by atoms with Gasteiger partial charge >= 0.3 is 0 Å². The molecule has 0 amide bonds. The molecule has 1 aromatic heterocycles. The van der Waals surface area contributed by atoms with Crippen LogP contribution in [0.2, 0.25) is 0 Å². The second kappa shape index (κ2) is 6.31. The first-order valence-corrected chi connectivity index (χ1v) is 5.32. The number of hydrogen-bond donors (Lipinski definition) is 3. The smallest absolute Gasteiger partial charge is 0.178 e. The number of aliphatic hydroxyl groups excluding tert-OH is 1. The predicted octanol–water partition coefficient (Wildman–Crippen LogP) is 0.854. The minimum Gasteiger partial charge on any atom is -0.395 e. The van der Waals surface area contributed by atoms with E-state index in [2.05, 4.69) is 10.4 Å². The molecule has 0 unspecified atom stereocenters. The summed E-state index contributed by atoms with van der Waals surface area (Å²) in [5.74, 6) is 3.21. The lowest BCUT2D eigenvalue weighted by molar-refractivity contribution is 0.301. The van der Waals surface area contributed by atoms with Crippen molar-refractivity contribution in [3.05, 3.63) is 17.7 Å². The minimum absolute atomic E-state index is 0.0183. The number of nitrogens with two attached hydrogens (primary N) is 1. The van der Waals surface area contributed by atoms with Crippen LogP contribution in [0, 0.1) is 11.6 Å². The van der Waals surface area contributed by atoms with Crippen molar-refractivity contribution in [3.8, 4) is 0 Å². The topological polar surface area (TPSA) is 74.4 Å². The standard InChI is InChI=1S/C10H16F2N4O/c1-2-3-16(4-5-17)10-8(12)6-7(11)9(14-10)15-13/h6,17H,2-5,13H2,1H3,(H,14,15). The Morgan fingerprint density at radius 1 is 1.41 bits per heavy atom. The summed E-state index contributed by atoms with van der Waals surface area (Å²) < 4.78 is 26.7. The van der Waals surface area contributed by atoms with Gasteiger partial charge in [-0.15, -0.1) is 0 Å². The molecule has 0 radical (unpaired) electrons. The second-order valence-electron chi connectivity index (χ2n) is 3.48. The average Bonchev–Trinajstić information content (AvgIpc) is 2.29. The van der Waals surface area contributed by atoms with E-state index in [9.17, 15) is 8.78 Å². The fourth-order valence-corrected chi connectivity index (χ4v) is 1.49. The first kappa shape index (κ1) is 13.6. The number of hydrogen-bond acceptors (Lipinski definition) is 5. The number of pyridine rings is 1. The van der Waals surface area contributed by atoms with Crippen LogP contribution in [-0.2, 0) is 0 Å². The van der Waals surface area contributed by atoms with Gasteiger partial charge in [0.2, 0.25) is 0 Å². The molecule has 96 valence electrons. The number of halogens is 2. The zero-order chi connectivity index (χ0) is 12.8. The molecule has 1 heterocycles. The highest BCUT2D eigenvalue weighted by atomic mass is 19.1. The van der Waals surface area contributed by atoms with Gasteiger partial charge in [-0.2, -0.15) is 0 Å². The zero-order valence-electron chi connectivity index (χ0n) is 9.58. The second-order valence-corrected chi connectivity index (χ2v) is 3.48. The third-order valence-corrected chi connectivity index (χ3v) is 2.21. The van der Waals surface area contributed by atoms with Gasteiger partial charge in [-0.25, -0.2) is 19.6 Å². The SMILES string of the molecule is CCCN(CCO)c1nc(NN)c(F)cc1F. The Bertz CT molecular complexity index is 370. The van der Waals surface area contributed by atoms with Crippen molar-refractivity contribution in [2.24, 2.45) is 5.84 Å². The van der Waals surface area contributed by atoms with Gasteiger partial charge in [-0.1, -0.05) is 6.92 Å². The molecule has 0 aliphatic carbocycles. The highest BCUT2D eigenvalue weighted by Gasteiger charge is 2.16. The minimum atomic E-state index is -0.853. The summed E-state index contributed by atoms with van der Waals surface area (Å²) in [4.78, 5) is 5.29. The molecule has 4 N–H and O–H groups in total. The first-order valence-electron chi connectivity index (χ1n) is 5.32. The van der Waals surface area contributed by atoms with Gasteiger partial charge in [-0.05, 0) is 6.42 Å². The van der Waals surface area contributed by atoms with E-state index in [1.54, 1.807) is 0 Å². The van der Waals surface area contributed by atoms with E-state index in [0.29, 0.717) is 6.54 Å². The number of hydrazine groups is 1. The Balaban J connectivity index is 3.08. The van der Waals surface area contributed by atoms with Crippen molar-refractivity contribution >= 4 is 11.6 Å². The lowest BCUT2D eigenvalue weighted by Gasteiger charge is -2.23. The molecule has 5 nitrogen and oxygen atoms in total. The molecular formula is C10H16F2N4O. The fourth-order valence-electron chi connectivity index (χ4n) is 1.49. The summed E-state index contributed by atoms with van der Waals surface area (Å²) in [5, 5.41) is 8.89. The van der Waals surface area contributed by atoms with Crippen molar-refractivity contribution in [1.29, 1.82) is 0 Å². The first-order chi connectivity index (χ1) is 8.13. The monoisotopic (exact) mass is 246 g/mol. The lowest BCUT2D eigenvalue weighted by atomic mass is 10.3. The molecule has 0 saturated heterocycles. The Morgan fingerprint density at radius 2 is 2.12 bits per heavy atom. The Morgan fingerprint density at radius 3 is 2.65 bits per heavy atom. The summed E-state index contributed by atoms with van der Waals surface area (Å²) >= 11 is 0. The van der Waals surface area contributed by atoms with E-state index in [1.165, 1.54) is 4.90 Å². The van der Waals surface area contributed by atoms with Crippen LogP contribution >= 0.6 is 0 Å².